The number of carbonyl (C=O) groups is 2. The van der Waals surface area contributed by atoms with Crippen LogP contribution in [0.5, 0.6) is 5.75 Å². The van der Waals surface area contributed by atoms with Gasteiger partial charge in [0.15, 0.2) is 0 Å². The third-order valence-electron chi connectivity index (χ3n) is 3.13. The summed E-state index contributed by atoms with van der Waals surface area (Å²) in [6.07, 6.45) is 3.06. The standard InChI is InChI=1S/C18H19N3O3/c1-12(22)20-14-4-3-5-15(11-14)21-18(23)9-7-13-6-8-17(24-2)16(19)10-13/h3-11H,19H2,1-2H3,(H,20,22)(H,21,23)/b9-7-. The number of amides is 2. The first kappa shape index (κ1) is 17.1. The molecule has 2 rings (SSSR count). The predicted octanol–water partition coefficient (Wildman–Crippen LogP) is 2.89. The summed E-state index contributed by atoms with van der Waals surface area (Å²) in [5.74, 6) is 0.131. The summed E-state index contributed by atoms with van der Waals surface area (Å²) >= 11 is 0. The molecule has 24 heavy (non-hydrogen) atoms. The number of ether oxygens (including phenoxy) is 1. The van der Waals surface area contributed by atoms with Gasteiger partial charge in [0.1, 0.15) is 5.75 Å². The molecule has 0 heterocycles. The largest absolute Gasteiger partial charge is 0.495 e. The van der Waals surface area contributed by atoms with Crippen molar-refractivity contribution in [1.82, 2.24) is 0 Å². The van der Waals surface area contributed by atoms with Crippen LogP contribution < -0.4 is 21.1 Å². The molecule has 0 aliphatic rings. The highest BCUT2D eigenvalue weighted by Gasteiger charge is 2.02. The molecule has 124 valence electrons. The fraction of sp³-hybridized carbons (Fsp3) is 0.111. The number of methoxy groups -OCH3 is 1. The second-order valence-electron chi connectivity index (χ2n) is 5.09. The van der Waals surface area contributed by atoms with Gasteiger partial charge in [-0.15, -0.1) is 0 Å². The monoisotopic (exact) mass is 325 g/mol. The van der Waals surface area contributed by atoms with Gasteiger partial charge in [-0.1, -0.05) is 12.1 Å². The van der Waals surface area contributed by atoms with Crippen LogP contribution in [-0.2, 0) is 9.59 Å². The fourth-order valence-electron chi connectivity index (χ4n) is 2.09. The van der Waals surface area contributed by atoms with Crippen LogP contribution in [0.3, 0.4) is 0 Å². The van der Waals surface area contributed by atoms with Gasteiger partial charge >= 0.3 is 0 Å². The highest BCUT2D eigenvalue weighted by molar-refractivity contribution is 6.02. The molecule has 0 saturated heterocycles. The fourth-order valence-corrected chi connectivity index (χ4v) is 2.09. The van der Waals surface area contributed by atoms with E-state index in [2.05, 4.69) is 10.6 Å². The van der Waals surface area contributed by atoms with E-state index in [9.17, 15) is 9.59 Å². The molecule has 0 unspecified atom stereocenters. The number of carbonyl (C=O) groups excluding carboxylic acids is 2. The molecule has 0 fully saturated rings. The molecule has 0 spiro atoms. The Morgan fingerprint density at radius 2 is 1.79 bits per heavy atom. The van der Waals surface area contributed by atoms with E-state index < -0.39 is 0 Å². The highest BCUT2D eigenvalue weighted by Crippen LogP contribution is 2.22. The van der Waals surface area contributed by atoms with Crippen LogP contribution in [0.2, 0.25) is 0 Å². The molecule has 0 atom stereocenters. The minimum atomic E-state index is -0.288. The summed E-state index contributed by atoms with van der Waals surface area (Å²) in [5.41, 5.74) is 8.32. The lowest BCUT2D eigenvalue weighted by Crippen LogP contribution is -2.09. The molecule has 0 radical (unpaired) electrons. The highest BCUT2D eigenvalue weighted by atomic mass is 16.5. The second kappa shape index (κ2) is 7.82. The lowest BCUT2D eigenvalue weighted by Gasteiger charge is -2.06. The summed E-state index contributed by atoms with van der Waals surface area (Å²) in [6.45, 7) is 1.43. The van der Waals surface area contributed by atoms with Gasteiger partial charge in [-0.3, -0.25) is 9.59 Å². The van der Waals surface area contributed by atoms with Crippen molar-refractivity contribution in [2.24, 2.45) is 0 Å². The predicted molar refractivity (Wildman–Crippen MR) is 95.8 cm³/mol. The van der Waals surface area contributed by atoms with E-state index >= 15 is 0 Å². The summed E-state index contributed by atoms with van der Waals surface area (Å²) in [7, 11) is 1.55. The topological polar surface area (TPSA) is 93.5 Å². The lowest BCUT2D eigenvalue weighted by atomic mass is 10.1. The molecular weight excluding hydrogens is 306 g/mol. The van der Waals surface area contributed by atoms with Crippen molar-refractivity contribution >= 4 is 35.0 Å². The number of benzene rings is 2. The zero-order valence-corrected chi connectivity index (χ0v) is 13.5. The van der Waals surface area contributed by atoms with Crippen molar-refractivity contribution in [3.63, 3.8) is 0 Å². The Labute approximate surface area is 140 Å². The number of hydrogen-bond acceptors (Lipinski definition) is 4. The van der Waals surface area contributed by atoms with Crippen LogP contribution >= 0.6 is 0 Å². The number of hydrogen-bond donors (Lipinski definition) is 3. The van der Waals surface area contributed by atoms with Crippen LogP contribution in [0.25, 0.3) is 6.08 Å². The van der Waals surface area contributed by atoms with E-state index in [1.807, 2.05) is 0 Å². The van der Waals surface area contributed by atoms with Crippen molar-refractivity contribution in [2.45, 2.75) is 6.92 Å². The molecular formula is C18H19N3O3. The first-order chi connectivity index (χ1) is 11.5. The van der Waals surface area contributed by atoms with E-state index in [1.165, 1.54) is 13.0 Å². The quantitative estimate of drug-likeness (QED) is 0.582. The van der Waals surface area contributed by atoms with Crippen LogP contribution in [0.1, 0.15) is 12.5 Å². The average Bonchev–Trinajstić information content (AvgIpc) is 2.53. The van der Waals surface area contributed by atoms with Crippen molar-refractivity contribution in [3.8, 4) is 5.75 Å². The minimum absolute atomic E-state index is 0.171. The number of nitrogens with two attached hydrogens (primary N) is 1. The lowest BCUT2D eigenvalue weighted by molar-refractivity contribution is -0.114. The van der Waals surface area contributed by atoms with E-state index in [0.29, 0.717) is 22.8 Å². The molecule has 0 aromatic heterocycles. The number of nitrogen functional groups attached to an aromatic ring is 1. The van der Waals surface area contributed by atoms with E-state index in [1.54, 1.807) is 55.7 Å². The Bertz CT molecular complexity index is 785. The SMILES string of the molecule is COc1ccc(/C=C\C(=O)Nc2cccc(NC(C)=O)c2)cc1N. The summed E-state index contributed by atoms with van der Waals surface area (Å²) in [6, 6.07) is 12.2. The first-order valence-corrected chi connectivity index (χ1v) is 7.28. The Balaban J connectivity index is 2.02. The molecule has 0 aliphatic heterocycles. The Morgan fingerprint density at radius 3 is 2.42 bits per heavy atom. The van der Waals surface area contributed by atoms with Gasteiger partial charge in [-0.2, -0.15) is 0 Å². The Morgan fingerprint density at radius 1 is 1.08 bits per heavy atom. The molecule has 0 aliphatic carbocycles. The zero-order chi connectivity index (χ0) is 17.5. The smallest absolute Gasteiger partial charge is 0.248 e. The maximum absolute atomic E-state index is 12.0. The van der Waals surface area contributed by atoms with Crippen LogP contribution in [0.4, 0.5) is 17.1 Å². The minimum Gasteiger partial charge on any atom is -0.495 e. The van der Waals surface area contributed by atoms with Crippen molar-refractivity contribution in [2.75, 3.05) is 23.5 Å². The van der Waals surface area contributed by atoms with Gasteiger partial charge < -0.3 is 21.1 Å². The number of rotatable bonds is 5. The molecule has 2 aromatic carbocycles. The van der Waals surface area contributed by atoms with Crippen LogP contribution in [0, 0.1) is 0 Å². The van der Waals surface area contributed by atoms with Crippen LogP contribution in [0.15, 0.2) is 48.5 Å². The number of nitrogens with one attached hydrogen (secondary N) is 2. The molecule has 2 aromatic rings. The molecule has 6 nitrogen and oxygen atoms in total. The van der Waals surface area contributed by atoms with Gasteiger partial charge in [-0.05, 0) is 42.0 Å². The van der Waals surface area contributed by atoms with Crippen molar-refractivity contribution in [1.29, 1.82) is 0 Å². The van der Waals surface area contributed by atoms with Gasteiger partial charge in [0.05, 0.1) is 12.8 Å². The maximum atomic E-state index is 12.0. The Kier molecular flexibility index (Phi) is 5.57. The summed E-state index contributed by atoms with van der Waals surface area (Å²) in [5, 5.41) is 5.39. The molecule has 6 heteroatoms. The molecule has 2 amide bonds. The Hall–Kier alpha value is -3.28. The van der Waals surface area contributed by atoms with E-state index in [-0.39, 0.29) is 11.8 Å². The summed E-state index contributed by atoms with van der Waals surface area (Å²) < 4.78 is 5.08. The van der Waals surface area contributed by atoms with E-state index in [4.69, 9.17) is 10.5 Å². The van der Waals surface area contributed by atoms with Gasteiger partial charge in [0.2, 0.25) is 11.8 Å². The third-order valence-corrected chi connectivity index (χ3v) is 3.13. The van der Waals surface area contributed by atoms with Crippen molar-refractivity contribution < 1.29 is 14.3 Å². The van der Waals surface area contributed by atoms with E-state index in [0.717, 1.165) is 5.56 Å². The summed E-state index contributed by atoms with van der Waals surface area (Å²) in [4.78, 5) is 23.0. The van der Waals surface area contributed by atoms with Crippen molar-refractivity contribution in [3.05, 3.63) is 54.1 Å². The molecule has 0 saturated carbocycles. The number of anilines is 3. The normalized spacial score (nSPS) is 10.4. The molecule has 0 bridgehead atoms. The van der Waals surface area contributed by atoms with Gasteiger partial charge in [0.25, 0.3) is 0 Å². The average molecular weight is 325 g/mol. The zero-order valence-electron chi connectivity index (χ0n) is 13.5. The van der Waals surface area contributed by atoms with Crippen LogP contribution in [-0.4, -0.2) is 18.9 Å². The van der Waals surface area contributed by atoms with Gasteiger partial charge in [0, 0.05) is 24.4 Å². The third kappa shape index (κ3) is 4.88. The maximum Gasteiger partial charge on any atom is 0.248 e. The molecule has 4 N–H and O–H groups in total. The first-order valence-electron chi connectivity index (χ1n) is 7.28. The second-order valence-corrected chi connectivity index (χ2v) is 5.09. The van der Waals surface area contributed by atoms with Gasteiger partial charge in [-0.25, -0.2) is 0 Å².